The van der Waals surface area contributed by atoms with E-state index in [4.69, 9.17) is 11.6 Å². The molecule has 9 heteroatoms. The highest BCUT2D eigenvalue weighted by molar-refractivity contribution is 7.91. The lowest BCUT2D eigenvalue weighted by Crippen LogP contribution is -2.23. The Hall–Kier alpha value is -1.14. The Labute approximate surface area is 107 Å². The van der Waals surface area contributed by atoms with Crippen LogP contribution in [-0.2, 0) is 10.0 Å². The van der Waals surface area contributed by atoms with Crippen molar-refractivity contribution in [2.45, 2.75) is 11.1 Å². The number of hydrogen-bond acceptors (Lipinski definition) is 5. The van der Waals surface area contributed by atoms with Crippen molar-refractivity contribution in [1.82, 2.24) is 4.72 Å². The third kappa shape index (κ3) is 3.41. The summed E-state index contributed by atoms with van der Waals surface area (Å²) in [7, 11) is -3.79. The standard InChI is InChI=1S/C8H7ClN2O4S2/c1-2-3-4-10-17(14,15)7-5-6(11(12)13)8(9)16-7/h5,10H,4H2,1H3. The van der Waals surface area contributed by atoms with Gasteiger partial charge in [-0.1, -0.05) is 17.5 Å². The van der Waals surface area contributed by atoms with Crippen LogP contribution in [0, 0.1) is 22.0 Å². The van der Waals surface area contributed by atoms with E-state index in [0.717, 1.165) is 6.07 Å². The molecule has 1 N–H and O–H groups in total. The minimum Gasteiger partial charge on any atom is -0.258 e. The number of thiophene rings is 1. The molecular weight excluding hydrogens is 288 g/mol. The number of nitro groups is 1. The normalized spacial score (nSPS) is 10.7. The van der Waals surface area contributed by atoms with E-state index < -0.39 is 20.6 Å². The summed E-state index contributed by atoms with van der Waals surface area (Å²) in [4.78, 5) is 9.78. The van der Waals surface area contributed by atoms with E-state index >= 15 is 0 Å². The Bertz CT molecular complexity index is 597. The van der Waals surface area contributed by atoms with Gasteiger partial charge in [0, 0.05) is 6.07 Å². The van der Waals surface area contributed by atoms with Gasteiger partial charge in [0.05, 0.1) is 11.5 Å². The first-order chi connectivity index (χ1) is 7.88. The molecule has 0 aliphatic heterocycles. The molecule has 92 valence electrons. The average Bonchev–Trinajstić information content (AvgIpc) is 2.61. The van der Waals surface area contributed by atoms with E-state index in [9.17, 15) is 18.5 Å². The van der Waals surface area contributed by atoms with Crippen LogP contribution in [0.5, 0.6) is 0 Å². The van der Waals surface area contributed by atoms with Gasteiger partial charge in [-0.3, -0.25) is 10.1 Å². The quantitative estimate of drug-likeness (QED) is 0.519. The first-order valence-electron chi connectivity index (χ1n) is 4.21. The minimum atomic E-state index is -3.79. The molecule has 1 heterocycles. The molecule has 0 saturated heterocycles. The van der Waals surface area contributed by atoms with Crippen molar-refractivity contribution in [1.29, 1.82) is 0 Å². The second-order valence-electron chi connectivity index (χ2n) is 2.73. The van der Waals surface area contributed by atoms with Crippen molar-refractivity contribution in [2.24, 2.45) is 0 Å². The van der Waals surface area contributed by atoms with Gasteiger partial charge in [-0.15, -0.1) is 17.3 Å². The predicted octanol–water partition coefficient (Wildman–Crippen LogP) is 1.61. The smallest absolute Gasteiger partial charge is 0.258 e. The molecule has 0 atom stereocenters. The zero-order valence-electron chi connectivity index (χ0n) is 8.56. The molecule has 0 bridgehead atoms. The number of hydrogen-bond donors (Lipinski definition) is 1. The van der Waals surface area contributed by atoms with Gasteiger partial charge in [-0.2, -0.15) is 4.72 Å². The Kier molecular flexibility index (Phi) is 4.47. The van der Waals surface area contributed by atoms with Crippen molar-refractivity contribution in [3.63, 3.8) is 0 Å². The second-order valence-corrected chi connectivity index (χ2v) is 6.38. The lowest BCUT2D eigenvalue weighted by atomic mass is 10.6. The summed E-state index contributed by atoms with van der Waals surface area (Å²) in [6.07, 6.45) is 0. The first kappa shape index (κ1) is 13.9. The van der Waals surface area contributed by atoms with Gasteiger partial charge in [0.1, 0.15) is 4.21 Å². The Morgan fingerprint density at radius 1 is 1.65 bits per heavy atom. The van der Waals surface area contributed by atoms with Gasteiger partial charge >= 0.3 is 0 Å². The molecule has 0 radical (unpaired) electrons. The van der Waals surface area contributed by atoms with E-state index in [1.165, 1.54) is 0 Å². The van der Waals surface area contributed by atoms with Gasteiger partial charge in [0.2, 0.25) is 0 Å². The number of nitrogens with zero attached hydrogens (tertiary/aromatic N) is 1. The summed E-state index contributed by atoms with van der Waals surface area (Å²) in [5, 5.41) is 10.5. The Morgan fingerprint density at radius 3 is 2.76 bits per heavy atom. The van der Waals surface area contributed by atoms with Crippen molar-refractivity contribution in [3.05, 3.63) is 20.5 Å². The maximum Gasteiger partial charge on any atom is 0.300 e. The Morgan fingerprint density at radius 2 is 2.29 bits per heavy atom. The summed E-state index contributed by atoms with van der Waals surface area (Å²) < 4.78 is 25.1. The van der Waals surface area contributed by atoms with E-state index in [2.05, 4.69) is 16.6 Å². The van der Waals surface area contributed by atoms with Crippen LogP contribution < -0.4 is 4.72 Å². The molecule has 1 rings (SSSR count). The zero-order chi connectivity index (χ0) is 13.1. The summed E-state index contributed by atoms with van der Waals surface area (Å²) in [5.41, 5.74) is -0.418. The molecular formula is C8H7ClN2O4S2. The van der Waals surface area contributed by atoms with E-state index in [0.29, 0.717) is 11.3 Å². The average molecular weight is 295 g/mol. The van der Waals surface area contributed by atoms with E-state index in [-0.39, 0.29) is 15.1 Å². The van der Waals surface area contributed by atoms with Crippen LogP contribution in [0.3, 0.4) is 0 Å². The number of halogens is 1. The maximum absolute atomic E-state index is 11.6. The SMILES string of the molecule is CC#CCNS(=O)(=O)c1cc([N+](=O)[O-])c(Cl)s1. The third-order valence-electron chi connectivity index (χ3n) is 1.64. The summed E-state index contributed by atoms with van der Waals surface area (Å²) in [5.74, 6) is 5.03. The predicted molar refractivity (Wildman–Crippen MR) is 64.6 cm³/mol. The highest BCUT2D eigenvalue weighted by Crippen LogP contribution is 2.35. The number of nitrogens with one attached hydrogen (secondary N) is 1. The molecule has 0 saturated carbocycles. The van der Waals surface area contributed by atoms with Crippen LogP contribution in [0.1, 0.15) is 6.92 Å². The van der Waals surface area contributed by atoms with Gasteiger partial charge in [0.25, 0.3) is 15.7 Å². The molecule has 1 aromatic rings. The molecule has 17 heavy (non-hydrogen) atoms. The van der Waals surface area contributed by atoms with Crippen LogP contribution in [0.15, 0.2) is 10.3 Å². The summed E-state index contributed by atoms with van der Waals surface area (Å²) in [6, 6.07) is 0.925. The fourth-order valence-electron chi connectivity index (χ4n) is 0.886. The first-order valence-corrected chi connectivity index (χ1v) is 6.89. The zero-order valence-corrected chi connectivity index (χ0v) is 10.9. The molecule has 0 amide bonds. The largest absolute Gasteiger partial charge is 0.300 e. The molecule has 0 spiro atoms. The third-order valence-corrected chi connectivity index (χ3v) is 4.85. The van der Waals surface area contributed by atoms with Crippen LogP contribution in [0.2, 0.25) is 4.34 Å². The highest BCUT2D eigenvalue weighted by Gasteiger charge is 2.24. The van der Waals surface area contributed by atoms with Crippen molar-refractivity contribution in [3.8, 4) is 11.8 Å². The molecule has 0 unspecified atom stereocenters. The molecule has 1 aromatic heterocycles. The van der Waals surface area contributed by atoms with Gasteiger partial charge < -0.3 is 0 Å². The number of rotatable bonds is 4. The molecule has 0 aliphatic rings. The van der Waals surface area contributed by atoms with E-state index in [1.807, 2.05) is 0 Å². The lowest BCUT2D eigenvalue weighted by Gasteiger charge is -1.98. The summed E-state index contributed by atoms with van der Waals surface area (Å²) in [6.45, 7) is 1.52. The van der Waals surface area contributed by atoms with Crippen molar-refractivity contribution in [2.75, 3.05) is 6.54 Å². The number of sulfonamides is 1. The van der Waals surface area contributed by atoms with Gasteiger partial charge in [0.15, 0.2) is 4.34 Å². The fraction of sp³-hybridized carbons (Fsp3) is 0.250. The monoisotopic (exact) mass is 294 g/mol. The van der Waals surface area contributed by atoms with Crippen LogP contribution in [0.4, 0.5) is 5.69 Å². The maximum atomic E-state index is 11.6. The summed E-state index contributed by atoms with van der Waals surface area (Å²) >= 11 is 6.20. The topological polar surface area (TPSA) is 89.3 Å². The van der Waals surface area contributed by atoms with Gasteiger partial charge in [-0.25, -0.2) is 8.42 Å². The second kappa shape index (κ2) is 5.46. The fourth-order valence-corrected chi connectivity index (χ4v) is 3.52. The van der Waals surface area contributed by atoms with Gasteiger partial charge in [-0.05, 0) is 6.92 Å². The molecule has 0 fully saturated rings. The molecule has 0 aromatic carbocycles. The van der Waals surface area contributed by atoms with Crippen LogP contribution in [0.25, 0.3) is 0 Å². The Balaban J connectivity index is 3.02. The minimum absolute atomic E-state index is 0.0534. The van der Waals surface area contributed by atoms with E-state index in [1.54, 1.807) is 6.92 Å². The van der Waals surface area contributed by atoms with Crippen molar-refractivity contribution < 1.29 is 13.3 Å². The van der Waals surface area contributed by atoms with Crippen LogP contribution >= 0.6 is 22.9 Å². The van der Waals surface area contributed by atoms with Crippen molar-refractivity contribution >= 4 is 38.6 Å². The lowest BCUT2D eigenvalue weighted by molar-refractivity contribution is -0.384. The highest BCUT2D eigenvalue weighted by atomic mass is 35.5. The van der Waals surface area contributed by atoms with Crippen LogP contribution in [-0.4, -0.2) is 19.9 Å². The molecule has 0 aliphatic carbocycles. The molecule has 6 nitrogen and oxygen atoms in total.